The number of amides is 2. The van der Waals surface area contributed by atoms with Crippen LogP contribution in [-0.2, 0) is 6.54 Å². The van der Waals surface area contributed by atoms with Crippen molar-refractivity contribution in [3.05, 3.63) is 32.9 Å². The van der Waals surface area contributed by atoms with Crippen molar-refractivity contribution < 1.29 is 4.79 Å². The van der Waals surface area contributed by atoms with Crippen molar-refractivity contribution in [2.24, 2.45) is 5.92 Å². The van der Waals surface area contributed by atoms with E-state index in [4.69, 9.17) is 0 Å². The molecule has 2 amide bonds. The molecule has 0 aromatic carbocycles. The molecular formula is C16H22N4OS2. The molecule has 23 heavy (non-hydrogen) atoms. The first-order chi connectivity index (χ1) is 11.1. The van der Waals surface area contributed by atoms with Gasteiger partial charge in [0.25, 0.3) is 0 Å². The van der Waals surface area contributed by atoms with Crippen molar-refractivity contribution >= 4 is 34.4 Å². The first kappa shape index (κ1) is 16.4. The third-order valence-corrected chi connectivity index (χ3v) is 5.78. The quantitative estimate of drug-likeness (QED) is 0.898. The van der Waals surface area contributed by atoms with Gasteiger partial charge >= 0.3 is 6.03 Å². The lowest BCUT2D eigenvalue weighted by Gasteiger charge is -2.21. The van der Waals surface area contributed by atoms with Gasteiger partial charge in [0.1, 0.15) is 0 Å². The maximum atomic E-state index is 12.2. The Morgan fingerprint density at radius 3 is 3.13 bits per heavy atom. The van der Waals surface area contributed by atoms with Crippen molar-refractivity contribution in [3.63, 3.8) is 0 Å². The molecule has 2 aromatic rings. The number of thiophene rings is 1. The lowest BCUT2D eigenvalue weighted by atomic mass is 10.1. The van der Waals surface area contributed by atoms with Crippen LogP contribution < -0.4 is 5.32 Å². The van der Waals surface area contributed by atoms with Crippen LogP contribution >= 0.6 is 22.7 Å². The number of likely N-dealkylation sites (tertiary alicyclic amines) is 1. The SMILES string of the molecule is Cc1ncsc1CN(C)C[C@@H]1CCN(C(=O)Nc2ccsc2)C1. The van der Waals surface area contributed by atoms with Crippen LogP contribution in [0.1, 0.15) is 17.0 Å². The van der Waals surface area contributed by atoms with Crippen molar-refractivity contribution in [1.29, 1.82) is 0 Å². The van der Waals surface area contributed by atoms with E-state index in [1.165, 1.54) is 4.88 Å². The van der Waals surface area contributed by atoms with Crippen LogP contribution in [0.25, 0.3) is 0 Å². The predicted molar refractivity (Wildman–Crippen MR) is 96.2 cm³/mol. The number of hydrogen-bond donors (Lipinski definition) is 1. The molecule has 0 unspecified atom stereocenters. The van der Waals surface area contributed by atoms with Gasteiger partial charge in [-0.15, -0.1) is 11.3 Å². The van der Waals surface area contributed by atoms with Gasteiger partial charge in [-0.1, -0.05) is 0 Å². The summed E-state index contributed by atoms with van der Waals surface area (Å²) in [7, 11) is 2.15. The minimum atomic E-state index is 0.0202. The van der Waals surface area contributed by atoms with Gasteiger partial charge in [0.2, 0.25) is 0 Å². The lowest BCUT2D eigenvalue weighted by Crippen LogP contribution is -2.34. The molecule has 3 rings (SSSR count). The third-order valence-electron chi connectivity index (χ3n) is 4.17. The molecule has 7 heteroatoms. The van der Waals surface area contributed by atoms with Crippen molar-refractivity contribution in [3.8, 4) is 0 Å². The van der Waals surface area contributed by atoms with Gasteiger partial charge in [-0.2, -0.15) is 11.3 Å². The lowest BCUT2D eigenvalue weighted by molar-refractivity contribution is 0.217. The van der Waals surface area contributed by atoms with Gasteiger partial charge in [0.05, 0.1) is 16.9 Å². The number of thiazole rings is 1. The van der Waals surface area contributed by atoms with Gasteiger partial charge in [0, 0.05) is 36.4 Å². The van der Waals surface area contributed by atoms with Crippen LogP contribution in [0.5, 0.6) is 0 Å². The minimum Gasteiger partial charge on any atom is -0.324 e. The van der Waals surface area contributed by atoms with Crippen LogP contribution in [0.4, 0.5) is 10.5 Å². The molecular weight excluding hydrogens is 328 g/mol. The van der Waals surface area contributed by atoms with E-state index in [0.29, 0.717) is 5.92 Å². The molecule has 0 saturated carbocycles. The summed E-state index contributed by atoms with van der Waals surface area (Å²) in [5.74, 6) is 0.543. The molecule has 0 bridgehead atoms. The summed E-state index contributed by atoms with van der Waals surface area (Å²) in [6, 6.07) is 1.95. The second kappa shape index (κ2) is 7.42. The maximum absolute atomic E-state index is 12.2. The third kappa shape index (κ3) is 4.31. The fraction of sp³-hybridized carbons (Fsp3) is 0.500. The number of rotatable bonds is 5. The Bertz CT molecular complexity index is 640. The summed E-state index contributed by atoms with van der Waals surface area (Å²) >= 11 is 3.31. The Balaban J connectivity index is 1.46. The molecule has 0 spiro atoms. The van der Waals surface area contributed by atoms with Crippen LogP contribution in [0.15, 0.2) is 22.3 Å². The summed E-state index contributed by atoms with van der Waals surface area (Å²) in [6.45, 7) is 5.69. The highest BCUT2D eigenvalue weighted by Crippen LogP contribution is 2.21. The number of hydrogen-bond acceptors (Lipinski definition) is 5. The second-order valence-electron chi connectivity index (χ2n) is 6.10. The van der Waals surface area contributed by atoms with Crippen LogP contribution in [0, 0.1) is 12.8 Å². The topological polar surface area (TPSA) is 48.5 Å². The predicted octanol–water partition coefficient (Wildman–Crippen LogP) is 3.50. The molecule has 0 radical (unpaired) electrons. The number of urea groups is 1. The van der Waals surface area contributed by atoms with Gasteiger partial charge in [-0.3, -0.25) is 0 Å². The molecule has 1 aliphatic heterocycles. The monoisotopic (exact) mass is 350 g/mol. The zero-order valence-electron chi connectivity index (χ0n) is 13.5. The van der Waals surface area contributed by atoms with Crippen molar-refractivity contribution in [2.45, 2.75) is 19.9 Å². The van der Waals surface area contributed by atoms with E-state index in [0.717, 1.165) is 44.0 Å². The van der Waals surface area contributed by atoms with Crippen molar-refractivity contribution in [2.75, 3.05) is 32.0 Å². The zero-order valence-corrected chi connectivity index (χ0v) is 15.1. The number of carbonyl (C=O) groups is 1. The first-order valence-electron chi connectivity index (χ1n) is 7.77. The highest BCUT2D eigenvalue weighted by atomic mass is 32.1. The Labute approximate surface area is 144 Å². The number of aryl methyl sites for hydroxylation is 1. The largest absolute Gasteiger partial charge is 0.324 e. The van der Waals surface area contributed by atoms with Gasteiger partial charge in [-0.25, -0.2) is 9.78 Å². The Morgan fingerprint density at radius 1 is 1.57 bits per heavy atom. The minimum absolute atomic E-state index is 0.0202. The van der Waals surface area contributed by atoms with Gasteiger partial charge in [0.15, 0.2) is 0 Å². The maximum Gasteiger partial charge on any atom is 0.321 e. The fourth-order valence-electron chi connectivity index (χ4n) is 2.93. The smallest absolute Gasteiger partial charge is 0.321 e. The summed E-state index contributed by atoms with van der Waals surface area (Å²) < 4.78 is 0. The molecule has 1 aliphatic rings. The Hall–Kier alpha value is -1.44. The first-order valence-corrected chi connectivity index (χ1v) is 9.59. The molecule has 3 heterocycles. The Kier molecular flexibility index (Phi) is 5.30. The number of aromatic nitrogens is 1. The molecule has 2 aromatic heterocycles. The molecule has 1 saturated heterocycles. The zero-order chi connectivity index (χ0) is 16.2. The summed E-state index contributed by atoms with van der Waals surface area (Å²) in [4.78, 5) is 22.1. The van der Waals surface area contributed by atoms with E-state index in [1.54, 1.807) is 22.7 Å². The molecule has 1 fully saturated rings. The number of nitrogens with one attached hydrogen (secondary N) is 1. The molecule has 124 valence electrons. The van der Waals surface area contributed by atoms with E-state index in [9.17, 15) is 4.79 Å². The van der Waals surface area contributed by atoms with Crippen LogP contribution in [0.2, 0.25) is 0 Å². The molecule has 5 nitrogen and oxygen atoms in total. The standard InChI is InChI=1S/C16H22N4OS2/c1-12-15(23-11-17-12)9-19(2)7-13-3-5-20(8-13)16(21)18-14-4-6-22-10-14/h4,6,10-11,13H,3,5,7-9H2,1-2H3,(H,18,21)/t13-/m0/s1. The van der Waals surface area contributed by atoms with Crippen LogP contribution in [0.3, 0.4) is 0 Å². The average molecular weight is 351 g/mol. The number of nitrogens with zero attached hydrogens (tertiary/aromatic N) is 3. The number of carbonyl (C=O) groups excluding carboxylic acids is 1. The molecule has 0 aliphatic carbocycles. The summed E-state index contributed by atoms with van der Waals surface area (Å²) in [5.41, 5.74) is 3.93. The molecule has 1 atom stereocenters. The van der Waals surface area contributed by atoms with E-state index in [2.05, 4.69) is 29.2 Å². The van der Waals surface area contributed by atoms with E-state index in [-0.39, 0.29) is 6.03 Å². The summed E-state index contributed by atoms with van der Waals surface area (Å²) in [5, 5.41) is 6.88. The Morgan fingerprint density at radius 2 is 2.43 bits per heavy atom. The number of anilines is 1. The fourth-order valence-corrected chi connectivity index (χ4v) is 4.38. The van der Waals surface area contributed by atoms with E-state index in [1.807, 2.05) is 27.2 Å². The normalized spacial score (nSPS) is 17.9. The van der Waals surface area contributed by atoms with Gasteiger partial charge < -0.3 is 15.1 Å². The van der Waals surface area contributed by atoms with E-state index < -0.39 is 0 Å². The molecule has 1 N–H and O–H groups in total. The van der Waals surface area contributed by atoms with Crippen molar-refractivity contribution in [1.82, 2.24) is 14.8 Å². The van der Waals surface area contributed by atoms with E-state index >= 15 is 0 Å². The highest BCUT2D eigenvalue weighted by Gasteiger charge is 2.27. The van der Waals surface area contributed by atoms with Crippen LogP contribution in [-0.4, -0.2) is 47.5 Å². The average Bonchev–Trinajstić information content (AvgIpc) is 3.23. The highest BCUT2D eigenvalue weighted by molar-refractivity contribution is 7.09. The summed E-state index contributed by atoms with van der Waals surface area (Å²) in [6.07, 6.45) is 1.07. The second-order valence-corrected chi connectivity index (χ2v) is 7.82. The van der Waals surface area contributed by atoms with Gasteiger partial charge in [-0.05, 0) is 37.8 Å².